The van der Waals surface area contributed by atoms with Crippen molar-refractivity contribution in [2.75, 3.05) is 11.9 Å². The topological polar surface area (TPSA) is 71.3 Å². The minimum Gasteiger partial charge on any atom is -0.456 e. The quantitative estimate of drug-likeness (QED) is 0.829. The van der Waals surface area contributed by atoms with Gasteiger partial charge in [0.05, 0.1) is 11.3 Å². The smallest absolute Gasteiger partial charge is 0.291 e. The van der Waals surface area contributed by atoms with E-state index in [4.69, 9.17) is 4.42 Å². The third-order valence-electron chi connectivity index (χ3n) is 2.79. The maximum absolute atomic E-state index is 12.1. The summed E-state index contributed by atoms with van der Waals surface area (Å²) in [6.45, 7) is 5.66. The van der Waals surface area contributed by atoms with Crippen molar-refractivity contribution in [3.63, 3.8) is 0 Å². The molecule has 0 aliphatic rings. The molecule has 1 heterocycles. The number of para-hydroxylation sites is 1. The van der Waals surface area contributed by atoms with Crippen LogP contribution in [-0.2, 0) is 0 Å². The Morgan fingerprint density at radius 1 is 1.19 bits per heavy atom. The Kier molecular flexibility index (Phi) is 4.56. The molecule has 2 N–H and O–H groups in total. The molecular weight excluding hydrogens is 268 g/mol. The zero-order valence-electron chi connectivity index (χ0n) is 11.7. The average Bonchev–Trinajstić information content (AvgIpc) is 2.92. The van der Waals surface area contributed by atoms with Gasteiger partial charge in [0.1, 0.15) is 5.76 Å². The Morgan fingerprint density at radius 2 is 1.95 bits per heavy atom. The van der Waals surface area contributed by atoms with Gasteiger partial charge in [-0.1, -0.05) is 18.2 Å². The highest BCUT2D eigenvalue weighted by atomic mass is 16.3. The van der Waals surface area contributed by atoms with E-state index < -0.39 is 5.91 Å². The van der Waals surface area contributed by atoms with E-state index in [2.05, 4.69) is 17.2 Å². The van der Waals surface area contributed by atoms with E-state index in [1.807, 2.05) is 0 Å². The number of carbonyl (C=O) groups excluding carboxylic acids is 2. The molecule has 0 saturated heterocycles. The lowest BCUT2D eigenvalue weighted by molar-refractivity contribution is 0.0959. The first-order chi connectivity index (χ1) is 10.1. The van der Waals surface area contributed by atoms with Gasteiger partial charge in [-0.3, -0.25) is 9.59 Å². The number of amides is 2. The Hall–Kier alpha value is -2.82. The molecule has 5 heteroatoms. The van der Waals surface area contributed by atoms with Crippen LogP contribution in [0.3, 0.4) is 0 Å². The summed E-state index contributed by atoms with van der Waals surface area (Å²) in [5.74, 6) is 0.180. The minimum atomic E-state index is -0.396. The Labute approximate surface area is 122 Å². The third kappa shape index (κ3) is 3.60. The second-order valence-corrected chi connectivity index (χ2v) is 4.41. The molecule has 2 rings (SSSR count). The molecule has 0 atom stereocenters. The van der Waals surface area contributed by atoms with E-state index in [9.17, 15) is 9.59 Å². The fourth-order valence-electron chi connectivity index (χ4n) is 1.79. The van der Waals surface area contributed by atoms with Crippen molar-refractivity contribution in [3.8, 4) is 0 Å². The molecular formula is C16H16N2O3. The summed E-state index contributed by atoms with van der Waals surface area (Å²) >= 11 is 0. The van der Waals surface area contributed by atoms with Gasteiger partial charge in [-0.15, -0.1) is 6.58 Å². The number of anilines is 1. The monoisotopic (exact) mass is 284 g/mol. The van der Waals surface area contributed by atoms with E-state index >= 15 is 0 Å². The van der Waals surface area contributed by atoms with E-state index in [1.165, 1.54) is 0 Å². The third-order valence-corrected chi connectivity index (χ3v) is 2.79. The molecule has 1 aromatic heterocycles. The molecule has 2 aromatic rings. The Bertz CT molecular complexity index is 674. The summed E-state index contributed by atoms with van der Waals surface area (Å²) in [7, 11) is 0. The molecule has 0 unspecified atom stereocenters. The van der Waals surface area contributed by atoms with Crippen LogP contribution < -0.4 is 10.6 Å². The lowest BCUT2D eigenvalue weighted by Crippen LogP contribution is -2.25. The van der Waals surface area contributed by atoms with Crippen LogP contribution in [0.4, 0.5) is 5.69 Å². The summed E-state index contributed by atoms with van der Waals surface area (Å²) in [5.41, 5.74) is 0.814. The molecule has 0 spiro atoms. The summed E-state index contributed by atoms with van der Waals surface area (Å²) in [5, 5.41) is 5.35. The molecule has 2 amide bonds. The van der Waals surface area contributed by atoms with Gasteiger partial charge >= 0.3 is 0 Å². The molecule has 0 aliphatic carbocycles. The first kappa shape index (κ1) is 14.6. The zero-order chi connectivity index (χ0) is 15.2. The predicted octanol–water partition coefficient (Wildman–Crippen LogP) is 2.76. The predicted molar refractivity (Wildman–Crippen MR) is 80.4 cm³/mol. The van der Waals surface area contributed by atoms with Gasteiger partial charge in [0.25, 0.3) is 11.8 Å². The largest absolute Gasteiger partial charge is 0.456 e. The van der Waals surface area contributed by atoms with Crippen LogP contribution in [0, 0.1) is 6.92 Å². The highest BCUT2D eigenvalue weighted by molar-refractivity contribution is 6.07. The number of rotatable bonds is 5. The first-order valence-corrected chi connectivity index (χ1v) is 6.47. The molecule has 0 saturated carbocycles. The van der Waals surface area contributed by atoms with E-state index in [1.54, 1.807) is 49.4 Å². The number of aryl methyl sites for hydroxylation is 1. The molecule has 1 aromatic carbocycles. The summed E-state index contributed by atoms with van der Waals surface area (Å²) < 4.78 is 5.26. The average molecular weight is 284 g/mol. The number of benzene rings is 1. The highest BCUT2D eigenvalue weighted by Gasteiger charge is 2.15. The van der Waals surface area contributed by atoms with Gasteiger partial charge in [-0.25, -0.2) is 0 Å². The van der Waals surface area contributed by atoms with E-state index in [0.29, 0.717) is 23.6 Å². The van der Waals surface area contributed by atoms with Gasteiger partial charge in [0.2, 0.25) is 0 Å². The van der Waals surface area contributed by atoms with Crippen molar-refractivity contribution in [1.82, 2.24) is 5.32 Å². The molecule has 0 bridgehead atoms. The maximum atomic E-state index is 12.1. The molecule has 0 aliphatic heterocycles. The van der Waals surface area contributed by atoms with E-state index in [0.717, 1.165) is 0 Å². The normalized spacial score (nSPS) is 9.95. The molecule has 0 fully saturated rings. The second kappa shape index (κ2) is 6.56. The van der Waals surface area contributed by atoms with Crippen molar-refractivity contribution >= 4 is 17.5 Å². The Balaban J connectivity index is 2.18. The molecule has 5 nitrogen and oxygen atoms in total. The lowest BCUT2D eigenvalue weighted by Gasteiger charge is -2.09. The van der Waals surface area contributed by atoms with Gasteiger partial charge < -0.3 is 15.1 Å². The highest BCUT2D eigenvalue weighted by Crippen LogP contribution is 2.17. The summed E-state index contributed by atoms with van der Waals surface area (Å²) in [4.78, 5) is 24.1. The van der Waals surface area contributed by atoms with Crippen LogP contribution in [-0.4, -0.2) is 18.4 Å². The van der Waals surface area contributed by atoms with Crippen LogP contribution in [0.15, 0.2) is 53.5 Å². The van der Waals surface area contributed by atoms with Crippen molar-refractivity contribution in [2.24, 2.45) is 0 Å². The molecule has 21 heavy (non-hydrogen) atoms. The van der Waals surface area contributed by atoms with Crippen LogP contribution in [0.5, 0.6) is 0 Å². The number of hydrogen-bond acceptors (Lipinski definition) is 3. The number of carbonyl (C=O) groups is 2. The summed E-state index contributed by atoms with van der Waals surface area (Å²) in [6.07, 6.45) is 1.59. The number of nitrogens with one attached hydrogen (secondary N) is 2. The molecule has 0 radical (unpaired) electrons. The zero-order valence-corrected chi connectivity index (χ0v) is 11.7. The van der Waals surface area contributed by atoms with Crippen LogP contribution in [0.1, 0.15) is 26.7 Å². The van der Waals surface area contributed by atoms with Crippen molar-refractivity contribution < 1.29 is 14.0 Å². The first-order valence-electron chi connectivity index (χ1n) is 6.47. The number of furan rings is 1. The van der Waals surface area contributed by atoms with Crippen molar-refractivity contribution in [2.45, 2.75) is 6.92 Å². The Morgan fingerprint density at radius 3 is 2.62 bits per heavy atom. The van der Waals surface area contributed by atoms with Crippen molar-refractivity contribution in [3.05, 3.63) is 66.1 Å². The fraction of sp³-hybridized carbons (Fsp3) is 0.125. The van der Waals surface area contributed by atoms with Crippen molar-refractivity contribution in [1.29, 1.82) is 0 Å². The lowest BCUT2D eigenvalue weighted by atomic mass is 10.1. The van der Waals surface area contributed by atoms with Gasteiger partial charge in [0.15, 0.2) is 5.76 Å². The second-order valence-electron chi connectivity index (χ2n) is 4.41. The van der Waals surface area contributed by atoms with Gasteiger partial charge in [0, 0.05) is 6.54 Å². The van der Waals surface area contributed by atoms with E-state index in [-0.39, 0.29) is 11.7 Å². The fourth-order valence-corrected chi connectivity index (χ4v) is 1.79. The van der Waals surface area contributed by atoms with Crippen LogP contribution in [0.25, 0.3) is 0 Å². The van der Waals surface area contributed by atoms with Gasteiger partial charge in [-0.05, 0) is 31.2 Å². The van der Waals surface area contributed by atoms with Crippen LogP contribution in [0.2, 0.25) is 0 Å². The maximum Gasteiger partial charge on any atom is 0.291 e. The summed E-state index contributed by atoms with van der Waals surface area (Å²) in [6, 6.07) is 10.1. The minimum absolute atomic E-state index is 0.203. The van der Waals surface area contributed by atoms with Gasteiger partial charge in [-0.2, -0.15) is 0 Å². The SMILES string of the molecule is C=CCNC(=O)c1ccccc1NC(=O)c1ccc(C)o1. The van der Waals surface area contributed by atoms with Crippen LogP contribution >= 0.6 is 0 Å². The standard InChI is InChI=1S/C16H16N2O3/c1-3-10-17-15(19)12-6-4-5-7-13(12)18-16(20)14-9-8-11(2)21-14/h3-9H,1,10H2,2H3,(H,17,19)(H,18,20). The molecule has 108 valence electrons. The number of hydrogen-bond donors (Lipinski definition) is 2.